The molecule has 5 nitrogen and oxygen atoms in total. The Balaban J connectivity index is 1.83. The summed E-state index contributed by atoms with van der Waals surface area (Å²) in [5.74, 6) is -0.282. The standard InChI is InChI=1S/C19H21NO4/c1-13(2)24-17-9-5-15(6-10-17)12-20-18(21)11-14-3-7-16(8-4-14)19(22)23/h3-10,13H,11-12H2,1-2H3,(H,20,21)(H,22,23). The summed E-state index contributed by atoms with van der Waals surface area (Å²) < 4.78 is 5.57. The number of carboxylic acids is 1. The van der Waals surface area contributed by atoms with Gasteiger partial charge in [-0.1, -0.05) is 24.3 Å². The summed E-state index contributed by atoms with van der Waals surface area (Å²) in [6, 6.07) is 13.9. The molecule has 0 atom stereocenters. The third kappa shape index (κ3) is 5.43. The van der Waals surface area contributed by atoms with Crippen molar-refractivity contribution in [2.45, 2.75) is 32.9 Å². The Labute approximate surface area is 141 Å². The molecular weight excluding hydrogens is 306 g/mol. The first-order chi connectivity index (χ1) is 11.4. The average Bonchev–Trinajstić information content (AvgIpc) is 2.54. The van der Waals surface area contributed by atoms with Gasteiger partial charge in [-0.25, -0.2) is 4.79 Å². The smallest absolute Gasteiger partial charge is 0.335 e. The maximum absolute atomic E-state index is 12.0. The van der Waals surface area contributed by atoms with E-state index in [1.165, 1.54) is 12.1 Å². The van der Waals surface area contributed by atoms with Crippen LogP contribution < -0.4 is 10.1 Å². The number of carbonyl (C=O) groups is 2. The molecule has 0 aromatic heterocycles. The monoisotopic (exact) mass is 327 g/mol. The number of carboxylic acid groups (broad SMARTS) is 1. The Morgan fingerprint density at radius 3 is 2.12 bits per heavy atom. The lowest BCUT2D eigenvalue weighted by Gasteiger charge is -2.10. The molecule has 0 aliphatic heterocycles. The molecule has 126 valence electrons. The highest BCUT2D eigenvalue weighted by atomic mass is 16.5. The van der Waals surface area contributed by atoms with Crippen molar-refractivity contribution in [2.75, 3.05) is 0 Å². The zero-order valence-electron chi connectivity index (χ0n) is 13.8. The van der Waals surface area contributed by atoms with Crippen molar-refractivity contribution in [3.8, 4) is 5.75 Å². The van der Waals surface area contributed by atoms with Gasteiger partial charge < -0.3 is 15.2 Å². The number of rotatable bonds is 7. The predicted molar refractivity (Wildman–Crippen MR) is 91.2 cm³/mol. The fourth-order valence-corrected chi connectivity index (χ4v) is 2.17. The summed E-state index contributed by atoms with van der Waals surface area (Å²) in [6.07, 6.45) is 0.345. The van der Waals surface area contributed by atoms with Gasteiger partial charge in [-0.15, -0.1) is 0 Å². The number of ether oxygens (including phenoxy) is 1. The van der Waals surface area contributed by atoms with Crippen LogP contribution in [0, 0.1) is 0 Å². The molecule has 2 aromatic carbocycles. The normalized spacial score (nSPS) is 10.5. The van der Waals surface area contributed by atoms with Gasteiger partial charge in [-0.3, -0.25) is 4.79 Å². The Morgan fingerprint density at radius 1 is 1.00 bits per heavy atom. The average molecular weight is 327 g/mol. The molecule has 1 amide bonds. The highest BCUT2D eigenvalue weighted by Crippen LogP contribution is 2.13. The molecule has 0 unspecified atom stereocenters. The van der Waals surface area contributed by atoms with E-state index in [1.54, 1.807) is 12.1 Å². The molecule has 0 radical (unpaired) electrons. The van der Waals surface area contributed by atoms with Gasteiger partial charge in [0.2, 0.25) is 5.91 Å². The molecular formula is C19H21NO4. The summed E-state index contributed by atoms with van der Waals surface area (Å²) in [5.41, 5.74) is 1.97. The number of carbonyl (C=O) groups excluding carboxylic acids is 1. The molecule has 2 N–H and O–H groups in total. The highest BCUT2D eigenvalue weighted by molar-refractivity contribution is 5.87. The largest absolute Gasteiger partial charge is 0.491 e. The lowest BCUT2D eigenvalue weighted by atomic mass is 10.1. The first-order valence-electron chi connectivity index (χ1n) is 7.78. The van der Waals surface area contributed by atoms with E-state index in [1.807, 2.05) is 38.1 Å². The first-order valence-corrected chi connectivity index (χ1v) is 7.78. The Kier molecular flexibility index (Phi) is 5.95. The topological polar surface area (TPSA) is 75.6 Å². The SMILES string of the molecule is CC(C)Oc1ccc(CNC(=O)Cc2ccc(C(=O)O)cc2)cc1. The zero-order valence-corrected chi connectivity index (χ0v) is 13.8. The lowest BCUT2D eigenvalue weighted by Crippen LogP contribution is -2.24. The molecule has 0 spiro atoms. The molecule has 0 aliphatic carbocycles. The Morgan fingerprint density at radius 2 is 1.58 bits per heavy atom. The maximum Gasteiger partial charge on any atom is 0.335 e. The second kappa shape index (κ2) is 8.15. The summed E-state index contributed by atoms with van der Waals surface area (Å²) in [5, 5.41) is 11.7. The molecule has 0 bridgehead atoms. The summed E-state index contributed by atoms with van der Waals surface area (Å²) in [7, 11) is 0. The molecule has 0 heterocycles. The fourth-order valence-electron chi connectivity index (χ4n) is 2.17. The van der Waals surface area contributed by atoms with Crippen LogP contribution >= 0.6 is 0 Å². The van der Waals surface area contributed by atoms with Crippen LogP contribution in [-0.4, -0.2) is 23.1 Å². The second-order valence-electron chi connectivity index (χ2n) is 5.77. The minimum Gasteiger partial charge on any atom is -0.491 e. The van der Waals surface area contributed by atoms with Crippen molar-refractivity contribution < 1.29 is 19.4 Å². The van der Waals surface area contributed by atoms with Crippen molar-refractivity contribution in [1.29, 1.82) is 0 Å². The third-order valence-electron chi connectivity index (χ3n) is 3.35. The van der Waals surface area contributed by atoms with Gasteiger partial charge in [0.05, 0.1) is 18.1 Å². The van der Waals surface area contributed by atoms with E-state index in [2.05, 4.69) is 5.32 Å². The van der Waals surface area contributed by atoms with E-state index in [0.717, 1.165) is 16.9 Å². The zero-order chi connectivity index (χ0) is 17.5. The molecule has 0 saturated carbocycles. The second-order valence-corrected chi connectivity index (χ2v) is 5.77. The fraction of sp³-hybridized carbons (Fsp3) is 0.263. The lowest BCUT2D eigenvalue weighted by molar-refractivity contribution is -0.120. The van der Waals surface area contributed by atoms with Crippen molar-refractivity contribution in [2.24, 2.45) is 0 Å². The van der Waals surface area contributed by atoms with E-state index in [4.69, 9.17) is 9.84 Å². The van der Waals surface area contributed by atoms with Gasteiger partial charge in [-0.05, 0) is 49.2 Å². The van der Waals surface area contributed by atoms with Gasteiger partial charge in [0.1, 0.15) is 5.75 Å². The van der Waals surface area contributed by atoms with Crippen LogP contribution in [0.2, 0.25) is 0 Å². The van der Waals surface area contributed by atoms with Crippen LogP contribution in [0.25, 0.3) is 0 Å². The predicted octanol–water partition coefficient (Wildman–Crippen LogP) is 3.03. The van der Waals surface area contributed by atoms with Crippen molar-refractivity contribution in [3.63, 3.8) is 0 Å². The van der Waals surface area contributed by atoms with Gasteiger partial charge in [-0.2, -0.15) is 0 Å². The van der Waals surface area contributed by atoms with Crippen molar-refractivity contribution in [1.82, 2.24) is 5.32 Å². The van der Waals surface area contributed by atoms with E-state index in [9.17, 15) is 9.59 Å². The van der Waals surface area contributed by atoms with Gasteiger partial charge in [0.25, 0.3) is 0 Å². The number of nitrogens with one attached hydrogen (secondary N) is 1. The highest BCUT2D eigenvalue weighted by Gasteiger charge is 2.06. The van der Waals surface area contributed by atoms with Crippen LogP contribution in [0.4, 0.5) is 0 Å². The van der Waals surface area contributed by atoms with Crippen LogP contribution in [-0.2, 0) is 17.8 Å². The molecule has 5 heteroatoms. The number of aromatic carboxylic acids is 1. The minimum atomic E-state index is -0.976. The first kappa shape index (κ1) is 17.5. The summed E-state index contributed by atoms with van der Waals surface area (Å²) in [4.78, 5) is 22.8. The van der Waals surface area contributed by atoms with E-state index in [0.29, 0.717) is 6.54 Å². The number of amides is 1. The molecule has 2 rings (SSSR count). The summed E-state index contributed by atoms with van der Waals surface area (Å²) in [6.45, 7) is 4.38. The Bertz CT molecular complexity index is 690. The Hall–Kier alpha value is -2.82. The molecule has 0 saturated heterocycles. The quantitative estimate of drug-likeness (QED) is 0.819. The van der Waals surface area contributed by atoms with Gasteiger partial charge >= 0.3 is 5.97 Å². The molecule has 0 aliphatic rings. The van der Waals surface area contributed by atoms with E-state index in [-0.39, 0.29) is 24.0 Å². The third-order valence-corrected chi connectivity index (χ3v) is 3.35. The van der Waals surface area contributed by atoms with Gasteiger partial charge in [0.15, 0.2) is 0 Å². The van der Waals surface area contributed by atoms with Crippen LogP contribution in [0.5, 0.6) is 5.75 Å². The van der Waals surface area contributed by atoms with Crippen LogP contribution in [0.3, 0.4) is 0 Å². The van der Waals surface area contributed by atoms with Gasteiger partial charge in [0, 0.05) is 6.54 Å². The summed E-state index contributed by atoms with van der Waals surface area (Å²) >= 11 is 0. The minimum absolute atomic E-state index is 0.111. The van der Waals surface area contributed by atoms with Crippen molar-refractivity contribution in [3.05, 3.63) is 65.2 Å². The number of hydrogen-bond donors (Lipinski definition) is 2. The van der Waals surface area contributed by atoms with E-state index < -0.39 is 5.97 Å². The number of benzene rings is 2. The van der Waals surface area contributed by atoms with Crippen LogP contribution in [0.1, 0.15) is 35.3 Å². The maximum atomic E-state index is 12.0. The van der Waals surface area contributed by atoms with E-state index >= 15 is 0 Å². The van der Waals surface area contributed by atoms with Crippen molar-refractivity contribution >= 4 is 11.9 Å². The molecule has 2 aromatic rings. The molecule has 0 fully saturated rings. The van der Waals surface area contributed by atoms with Crippen LogP contribution in [0.15, 0.2) is 48.5 Å². The molecule has 24 heavy (non-hydrogen) atoms. The number of hydrogen-bond acceptors (Lipinski definition) is 3.